The molecule has 5 rings (SSSR count). The Bertz CT molecular complexity index is 1500. The highest BCUT2D eigenvalue weighted by molar-refractivity contribution is 7.15. The first-order chi connectivity index (χ1) is 18.4. The van der Waals surface area contributed by atoms with Crippen LogP contribution < -0.4 is 11.1 Å². The maximum Gasteiger partial charge on any atom is 0.222 e. The number of aryl methyl sites for hydroxylation is 3. The number of hydrogen-bond acceptors (Lipinski definition) is 6. The van der Waals surface area contributed by atoms with Gasteiger partial charge >= 0.3 is 0 Å². The zero-order chi connectivity index (χ0) is 26.8. The molecule has 0 fully saturated rings. The maximum absolute atomic E-state index is 13.1. The number of rotatable bonds is 8. The van der Waals surface area contributed by atoms with Gasteiger partial charge in [-0.1, -0.05) is 48.0 Å². The smallest absolute Gasteiger partial charge is 0.222 e. The Kier molecular flexibility index (Phi) is 7.74. The van der Waals surface area contributed by atoms with E-state index in [4.69, 9.17) is 22.3 Å². The van der Waals surface area contributed by atoms with Crippen molar-refractivity contribution in [2.24, 2.45) is 10.7 Å². The van der Waals surface area contributed by atoms with E-state index >= 15 is 0 Å². The molecule has 0 bridgehead atoms. The summed E-state index contributed by atoms with van der Waals surface area (Å²) in [5.74, 6) is 1.40. The van der Waals surface area contributed by atoms with Crippen molar-refractivity contribution in [1.29, 1.82) is 0 Å². The van der Waals surface area contributed by atoms with Crippen molar-refractivity contribution in [2.75, 3.05) is 6.54 Å². The molecule has 2 aromatic heterocycles. The number of nitrogens with zero attached hydrogens (tertiary/aromatic N) is 4. The third-order valence-electron chi connectivity index (χ3n) is 6.93. The van der Waals surface area contributed by atoms with Crippen LogP contribution in [0.15, 0.2) is 53.5 Å². The summed E-state index contributed by atoms with van der Waals surface area (Å²) >= 11 is 7.89. The molecule has 9 heteroatoms. The van der Waals surface area contributed by atoms with E-state index in [2.05, 4.69) is 46.1 Å². The summed E-state index contributed by atoms with van der Waals surface area (Å²) < 4.78 is 2.06. The summed E-state index contributed by atoms with van der Waals surface area (Å²) in [6.07, 6.45) is 1.91. The van der Waals surface area contributed by atoms with Crippen LogP contribution in [-0.4, -0.2) is 32.9 Å². The Hall–Kier alpha value is -3.33. The average molecular weight is 547 g/mol. The fraction of sp³-hybridized carbons (Fsp3) is 0.310. The van der Waals surface area contributed by atoms with Gasteiger partial charge < -0.3 is 11.1 Å². The molecule has 0 aliphatic carbocycles. The van der Waals surface area contributed by atoms with E-state index in [1.807, 2.05) is 43.3 Å². The molecule has 3 heterocycles. The molecular weight excluding hydrogens is 516 g/mol. The van der Waals surface area contributed by atoms with Crippen LogP contribution in [0.25, 0.3) is 5.00 Å². The largest absolute Gasteiger partial charge is 0.356 e. The normalized spacial score (nSPS) is 14.4. The first-order valence-electron chi connectivity index (χ1n) is 12.8. The van der Waals surface area contributed by atoms with Crippen molar-refractivity contribution in [3.05, 3.63) is 97.9 Å². The van der Waals surface area contributed by atoms with E-state index in [0.717, 1.165) is 46.1 Å². The molecule has 3 N–H and O–H groups in total. The molecule has 1 aliphatic heterocycles. The summed E-state index contributed by atoms with van der Waals surface area (Å²) in [6, 6.07) is 15.5. The molecule has 0 saturated carbocycles. The summed E-state index contributed by atoms with van der Waals surface area (Å²) in [5, 5.41) is 13.6. The third-order valence-corrected chi connectivity index (χ3v) is 8.37. The molecule has 1 atom stereocenters. The highest BCUT2D eigenvalue weighted by Crippen LogP contribution is 2.39. The molecule has 0 spiro atoms. The number of carbonyl (C=O) groups is 1. The molecule has 0 radical (unpaired) electrons. The number of thiophene rings is 1. The molecule has 196 valence electrons. The predicted molar refractivity (Wildman–Crippen MR) is 154 cm³/mol. The second-order valence-corrected chi connectivity index (χ2v) is 11.2. The van der Waals surface area contributed by atoms with Crippen molar-refractivity contribution in [3.63, 3.8) is 0 Å². The van der Waals surface area contributed by atoms with Gasteiger partial charge in [0, 0.05) is 34.1 Å². The lowest BCUT2D eigenvalue weighted by molar-refractivity contribution is -0.121. The minimum atomic E-state index is -0.470. The van der Waals surface area contributed by atoms with E-state index in [1.165, 1.54) is 16.0 Å². The highest BCUT2D eigenvalue weighted by atomic mass is 35.5. The third kappa shape index (κ3) is 5.29. The van der Waals surface area contributed by atoms with Gasteiger partial charge in [0.15, 0.2) is 5.82 Å². The molecule has 2 aromatic carbocycles. The highest BCUT2D eigenvalue weighted by Gasteiger charge is 2.32. The quantitative estimate of drug-likeness (QED) is 0.289. The van der Waals surface area contributed by atoms with Crippen LogP contribution in [0, 0.1) is 20.8 Å². The Morgan fingerprint density at radius 1 is 1.11 bits per heavy atom. The number of benzene rings is 2. The fourth-order valence-corrected chi connectivity index (χ4v) is 6.15. The number of hydrogen-bond donors (Lipinski definition) is 2. The van der Waals surface area contributed by atoms with E-state index in [1.54, 1.807) is 11.3 Å². The lowest BCUT2D eigenvalue weighted by Crippen LogP contribution is -2.26. The standard InChI is InChI=1S/C29H31ClN6OS/c1-17-18(2)38-29-26(17)27(22-9-11-23(30)12-10-22)33-24(28-35-34-19(3)36(28)29)15-25(37)32-13-5-8-20-6-4-7-21(14-20)16-31/h4,6-7,9-12,14,24H,5,8,13,15-16,31H2,1-3H3,(H,32,37)/t24-/m0/s1. The summed E-state index contributed by atoms with van der Waals surface area (Å²) in [7, 11) is 0. The summed E-state index contributed by atoms with van der Waals surface area (Å²) in [5.41, 5.74) is 12.1. The van der Waals surface area contributed by atoms with Gasteiger partial charge in [-0.05, 0) is 62.4 Å². The number of carbonyl (C=O) groups excluding carboxylic acids is 1. The van der Waals surface area contributed by atoms with Crippen LogP contribution in [-0.2, 0) is 17.8 Å². The van der Waals surface area contributed by atoms with E-state index < -0.39 is 6.04 Å². The first kappa shape index (κ1) is 26.3. The van der Waals surface area contributed by atoms with Crippen molar-refractivity contribution < 1.29 is 4.79 Å². The number of halogens is 1. The van der Waals surface area contributed by atoms with Gasteiger partial charge in [-0.25, -0.2) is 0 Å². The van der Waals surface area contributed by atoms with E-state index in [0.29, 0.717) is 23.9 Å². The van der Waals surface area contributed by atoms with Gasteiger partial charge in [0.25, 0.3) is 0 Å². The van der Waals surface area contributed by atoms with Crippen LogP contribution in [0.5, 0.6) is 0 Å². The van der Waals surface area contributed by atoms with E-state index in [-0.39, 0.29) is 12.3 Å². The number of aliphatic imine (C=N–C) groups is 1. The van der Waals surface area contributed by atoms with Crippen LogP contribution in [0.1, 0.15) is 63.2 Å². The van der Waals surface area contributed by atoms with Gasteiger partial charge in [-0.2, -0.15) is 0 Å². The monoisotopic (exact) mass is 546 g/mol. The van der Waals surface area contributed by atoms with Gasteiger partial charge in [0.05, 0.1) is 12.1 Å². The molecule has 0 saturated heterocycles. The SMILES string of the molecule is Cc1sc2c(c1C)C(c1ccc(Cl)cc1)=N[C@@H](CC(=O)NCCCc1cccc(CN)c1)c1nnc(C)n1-2. The molecule has 1 amide bonds. The first-order valence-corrected chi connectivity index (χ1v) is 14.0. The predicted octanol–water partition coefficient (Wildman–Crippen LogP) is 5.40. The Balaban J connectivity index is 1.39. The van der Waals surface area contributed by atoms with Crippen molar-refractivity contribution in [2.45, 2.75) is 52.6 Å². The molecule has 7 nitrogen and oxygen atoms in total. The van der Waals surface area contributed by atoms with Crippen LogP contribution in [0.4, 0.5) is 0 Å². The second-order valence-electron chi connectivity index (χ2n) is 9.59. The maximum atomic E-state index is 13.1. The van der Waals surface area contributed by atoms with Crippen LogP contribution in [0.3, 0.4) is 0 Å². The zero-order valence-corrected chi connectivity index (χ0v) is 23.4. The molecule has 38 heavy (non-hydrogen) atoms. The van der Waals surface area contributed by atoms with Crippen molar-refractivity contribution in [3.8, 4) is 5.00 Å². The molecule has 1 aliphatic rings. The minimum Gasteiger partial charge on any atom is -0.356 e. The number of nitrogens with one attached hydrogen (secondary N) is 1. The fourth-order valence-electron chi connectivity index (χ4n) is 4.81. The number of fused-ring (bicyclic) bond motifs is 3. The Morgan fingerprint density at radius 3 is 2.63 bits per heavy atom. The van der Waals surface area contributed by atoms with Crippen LogP contribution >= 0.6 is 22.9 Å². The summed E-state index contributed by atoms with van der Waals surface area (Å²) in [6.45, 7) is 7.29. The number of amides is 1. The van der Waals surface area contributed by atoms with Crippen molar-refractivity contribution >= 4 is 34.6 Å². The number of nitrogens with two attached hydrogens (primary N) is 1. The lowest BCUT2D eigenvalue weighted by Gasteiger charge is -2.13. The molecular formula is C29H31ClN6OS. The average Bonchev–Trinajstić information content (AvgIpc) is 3.39. The lowest BCUT2D eigenvalue weighted by atomic mass is 9.99. The second kappa shape index (κ2) is 11.2. The Labute approximate surface area is 231 Å². The van der Waals surface area contributed by atoms with Crippen LogP contribution in [0.2, 0.25) is 5.02 Å². The zero-order valence-electron chi connectivity index (χ0n) is 21.8. The minimum absolute atomic E-state index is 0.0599. The molecule has 4 aromatic rings. The van der Waals surface area contributed by atoms with Gasteiger partial charge in [-0.15, -0.1) is 21.5 Å². The topological polar surface area (TPSA) is 98.2 Å². The van der Waals surface area contributed by atoms with Gasteiger partial charge in [-0.3, -0.25) is 14.4 Å². The Morgan fingerprint density at radius 2 is 1.87 bits per heavy atom. The van der Waals surface area contributed by atoms with Gasteiger partial charge in [0.2, 0.25) is 5.91 Å². The summed E-state index contributed by atoms with van der Waals surface area (Å²) in [4.78, 5) is 19.5. The molecule has 0 unspecified atom stereocenters. The van der Waals surface area contributed by atoms with Crippen molar-refractivity contribution in [1.82, 2.24) is 20.1 Å². The van der Waals surface area contributed by atoms with E-state index in [9.17, 15) is 4.79 Å². The number of aromatic nitrogens is 3. The van der Waals surface area contributed by atoms with Gasteiger partial charge in [0.1, 0.15) is 16.9 Å².